The molecule has 0 aromatic carbocycles. The summed E-state index contributed by atoms with van der Waals surface area (Å²) in [5.74, 6) is 4.56. The molecule has 0 radical (unpaired) electrons. The van der Waals surface area contributed by atoms with Crippen molar-refractivity contribution in [3.05, 3.63) is 0 Å². The van der Waals surface area contributed by atoms with Crippen LogP contribution in [0.5, 0.6) is 0 Å². The van der Waals surface area contributed by atoms with Crippen molar-refractivity contribution in [2.24, 2.45) is 35.5 Å². The first-order chi connectivity index (χ1) is 15.6. The standard InChI is InChI=1S/C30H62O3/c1-9-10-11-12-15-32-23-33-16-13-14-24(2)17-25(3)18-26(4)19-27(5)20-28(6)21-29(7)22-30(8)31/h24-31H,9-23H2,1-8H3. The van der Waals surface area contributed by atoms with Crippen LogP contribution in [0.1, 0.15) is 132 Å². The Morgan fingerprint density at radius 2 is 0.939 bits per heavy atom. The number of hydrogen-bond acceptors (Lipinski definition) is 3. The molecule has 0 aromatic heterocycles. The molecular weight excluding hydrogens is 408 g/mol. The zero-order valence-electron chi connectivity index (χ0n) is 23.9. The molecule has 3 heteroatoms. The molecule has 1 N–H and O–H groups in total. The average Bonchev–Trinajstić information content (AvgIpc) is 2.67. The number of aliphatic hydroxyl groups is 1. The Kier molecular flexibility index (Phi) is 21.1. The van der Waals surface area contributed by atoms with Crippen LogP contribution in [0.2, 0.25) is 0 Å². The highest BCUT2D eigenvalue weighted by Gasteiger charge is 2.18. The Balaban J connectivity index is 3.81. The zero-order chi connectivity index (χ0) is 25.1. The molecule has 0 bridgehead atoms. The van der Waals surface area contributed by atoms with E-state index in [0.717, 1.165) is 62.1 Å². The van der Waals surface area contributed by atoms with E-state index < -0.39 is 0 Å². The van der Waals surface area contributed by atoms with Crippen molar-refractivity contribution in [1.82, 2.24) is 0 Å². The second kappa shape index (κ2) is 21.2. The van der Waals surface area contributed by atoms with E-state index in [1.807, 2.05) is 6.92 Å². The Bertz CT molecular complexity index is 411. The van der Waals surface area contributed by atoms with E-state index in [4.69, 9.17) is 9.47 Å². The molecule has 0 heterocycles. The molecule has 0 spiro atoms. The maximum absolute atomic E-state index is 9.59. The number of aliphatic hydroxyl groups excluding tert-OH is 1. The van der Waals surface area contributed by atoms with E-state index >= 15 is 0 Å². The predicted molar refractivity (Wildman–Crippen MR) is 145 cm³/mol. The van der Waals surface area contributed by atoms with Gasteiger partial charge in [0.2, 0.25) is 0 Å². The molecule has 0 aliphatic rings. The van der Waals surface area contributed by atoms with Crippen molar-refractivity contribution in [2.45, 2.75) is 139 Å². The number of rotatable bonds is 23. The molecule has 0 saturated heterocycles. The van der Waals surface area contributed by atoms with Gasteiger partial charge >= 0.3 is 0 Å². The highest BCUT2D eigenvalue weighted by atomic mass is 16.7. The Morgan fingerprint density at radius 3 is 1.39 bits per heavy atom. The molecule has 0 saturated carbocycles. The van der Waals surface area contributed by atoms with Crippen molar-refractivity contribution in [3.63, 3.8) is 0 Å². The van der Waals surface area contributed by atoms with Crippen LogP contribution in [0.15, 0.2) is 0 Å². The van der Waals surface area contributed by atoms with Crippen LogP contribution in [-0.4, -0.2) is 31.2 Å². The summed E-state index contributed by atoms with van der Waals surface area (Å²) >= 11 is 0. The first kappa shape index (κ1) is 32.9. The third-order valence-corrected chi connectivity index (χ3v) is 7.06. The van der Waals surface area contributed by atoms with E-state index in [2.05, 4.69) is 48.5 Å². The summed E-state index contributed by atoms with van der Waals surface area (Å²) in [4.78, 5) is 0. The summed E-state index contributed by atoms with van der Waals surface area (Å²) in [5, 5.41) is 9.59. The molecule has 0 rings (SSSR count). The van der Waals surface area contributed by atoms with E-state index in [1.165, 1.54) is 57.8 Å². The van der Waals surface area contributed by atoms with Gasteiger partial charge in [-0.25, -0.2) is 0 Å². The lowest BCUT2D eigenvalue weighted by Gasteiger charge is -2.25. The topological polar surface area (TPSA) is 38.7 Å². The minimum absolute atomic E-state index is 0.167. The third kappa shape index (κ3) is 22.1. The first-order valence-electron chi connectivity index (χ1n) is 14.5. The summed E-state index contributed by atoms with van der Waals surface area (Å²) in [6.07, 6.45) is 14.8. The van der Waals surface area contributed by atoms with Gasteiger partial charge in [-0.2, -0.15) is 0 Å². The lowest BCUT2D eigenvalue weighted by atomic mass is 9.81. The summed E-state index contributed by atoms with van der Waals surface area (Å²) in [6, 6.07) is 0. The second-order valence-corrected chi connectivity index (χ2v) is 12.0. The van der Waals surface area contributed by atoms with Gasteiger partial charge in [-0.1, -0.05) is 67.7 Å². The van der Waals surface area contributed by atoms with E-state index in [-0.39, 0.29) is 6.10 Å². The molecule has 0 amide bonds. The number of ether oxygens (including phenoxy) is 2. The Hall–Kier alpha value is -0.120. The van der Waals surface area contributed by atoms with E-state index in [9.17, 15) is 5.11 Å². The minimum Gasteiger partial charge on any atom is -0.393 e. The van der Waals surface area contributed by atoms with Crippen LogP contribution in [-0.2, 0) is 9.47 Å². The quantitative estimate of drug-likeness (QED) is 0.120. The maximum Gasteiger partial charge on any atom is 0.146 e. The van der Waals surface area contributed by atoms with Crippen LogP contribution in [0.3, 0.4) is 0 Å². The van der Waals surface area contributed by atoms with Gasteiger partial charge in [-0.15, -0.1) is 0 Å². The van der Waals surface area contributed by atoms with E-state index in [0.29, 0.717) is 12.7 Å². The third-order valence-electron chi connectivity index (χ3n) is 7.06. The van der Waals surface area contributed by atoms with Crippen molar-refractivity contribution < 1.29 is 14.6 Å². The first-order valence-corrected chi connectivity index (χ1v) is 14.5. The molecule has 0 aromatic rings. The van der Waals surface area contributed by atoms with Gasteiger partial charge in [0.05, 0.1) is 6.10 Å². The van der Waals surface area contributed by atoms with Crippen LogP contribution in [0, 0.1) is 35.5 Å². The Morgan fingerprint density at radius 1 is 0.515 bits per heavy atom. The fourth-order valence-electron chi connectivity index (χ4n) is 5.96. The number of unbranched alkanes of at least 4 members (excludes halogenated alkanes) is 3. The zero-order valence-corrected chi connectivity index (χ0v) is 23.9. The monoisotopic (exact) mass is 470 g/mol. The largest absolute Gasteiger partial charge is 0.393 e. The number of hydrogen-bond donors (Lipinski definition) is 1. The highest BCUT2D eigenvalue weighted by Crippen LogP contribution is 2.29. The van der Waals surface area contributed by atoms with Gasteiger partial charge in [0.1, 0.15) is 6.79 Å². The van der Waals surface area contributed by atoms with Crippen LogP contribution in [0.4, 0.5) is 0 Å². The van der Waals surface area contributed by atoms with Gasteiger partial charge in [-0.3, -0.25) is 0 Å². The maximum atomic E-state index is 9.59. The van der Waals surface area contributed by atoms with Crippen molar-refractivity contribution >= 4 is 0 Å². The molecular formula is C30H62O3. The SMILES string of the molecule is CCCCCCOCOCCCC(C)CC(C)CC(C)CC(C)CC(C)CC(C)CC(C)O. The molecule has 7 atom stereocenters. The summed E-state index contributed by atoms with van der Waals surface area (Å²) in [6.45, 7) is 20.7. The lowest BCUT2D eigenvalue weighted by molar-refractivity contribution is -0.0561. The normalized spacial score (nSPS) is 18.5. The molecule has 33 heavy (non-hydrogen) atoms. The van der Waals surface area contributed by atoms with Crippen molar-refractivity contribution in [1.29, 1.82) is 0 Å². The molecule has 0 aliphatic carbocycles. The predicted octanol–water partition coefficient (Wildman–Crippen LogP) is 8.88. The van der Waals surface area contributed by atoms with E-state index in [1.54, 1.807) is 0 Å². The fourth-order valence-corrected chi connectivity index (χ4v) is 5.96. The van der Waals surface area contributed by atoms with Crippen LogP contribution >= 0.6 is 0 Å². The fraction of sp³-hybridized carbons (Fsp3) is 1.00. The van der Waals surface area contributed by atoms with Gasteiger partial charge in [-0.05, 0) is 100 Å². The molecule has 0 aliphatic heterocycles. The minimum atomic E-state index is -0.167. The Labute approximate surface area is 208 Å². The van der Waals surface area contributed by atoms with Crippen molar-refractivity contribution in [3.8, 4) is 0 Å². The highest BCUT2D eigenvalue weighted by molar-refractivity contribution is 4.69. The van der Waals surface area contributed by atoms with Gasteiger partial charge < -0.3 is 14.6 Å². The molecule has 7 unspecified atom stereocenters. The molecule has 200 valence electrons. The van der Waals surface area contributed by atoms with Crippen LogP contribution < -0.4 is 0 Å². The molecule has 0 fully saturated rings. The summed E-state index contributed by atoms with van der Waals surface area (Å²) < 4.78 is 11.2. The van der Waals surface area contributed by atoms with Crippen LogP contribution in [0.25, 0.3) is 0 Å². The van der Waals surface area contributed by atoms with Gasteiger partial charge in [0.25, 0.3) is 0 Å². The molecule has 3 nitrogen and oxygen atoms in total. The average molecular weight is 471 g/mol. The summed E-state index contributed by atoms with van der Waals surface area (Å²) in [7, 11) is 0. The smallest absolute Gasteiger partial charge is 0.146 e. The second-order valence-electron chi connectivity index (χ2n) is 12.0. The summed E-state index contributed by atoms with van der Waals surface area (Å²) in [5.41, 5.74) is 0. The lowest BCUT2D eigenvalue weighted by Crippen LogP contribution is -2.14. The van der Waals surface area contributed by atoms with Crippen molar-refractivity contribution in [2.75, 3.05) is 20.0 Å². The van der Waals surface area contributed by atoms with Gasteiger partial charge in [0.15, 0.2) is 0 Å². The van der Waals surface area contributed by atoms with Gasteiger partial charge in [0, 0.05) is 13.2 Å².